The summed E-state index contributed by atoms with van der Waals surface area (Å²) in [6.07, 6.45) is 5.14. The van der Waals surface area contributed by atoms with Crippen molar-refractivity contribution < 1.29 is 0 Å². The number of hydrogen-bond acceptors (Lipinski definition) is 1. The highest BCUT2D eigenvalue weighted by Crippen LogP contribution is 2.36. The van der Waals surface area contributed by atoms with Crippen molar-refractivity contribution in [3.63, 3.8) is 0 Å². The molecule has 0 aromatic rings. The summed E-state index contributed by atoms with van der Waals surface area (Å²) in [5.74, 6) is 0. The van der Waals surface area contributed by atoms with Gasteiger partial charge in [0.15, 0.2) is 0 Å². The van der Waals surface area contributed by atoms with Crippen LogP contribution in [0.25, 0.3) is 0 Å². The Kier molecular flexibility index (Phi) is 4.33. The van der Waals surface area contributed by atoms with Crippen LogP contribution in [-0.2, 0) is 0 Å². The van der Waals surface area contributed by atoms with E-state index in [4.69, 9.17) is 0 Å². The van der Waals surface area contributed by atoms with Crippen molar-refractivity contribution in [1.82, 2.24) is 4.90 Å². The van der Waals surface area contributed by atoms with Crippen LogP contribution in [0.5, 0.6) is 0 Å². The van der Waals surface area contributed by atoms with E-state index in [0.717, 1.165) is 6.42 Å². The third kappa shape index (κ3) is 4.37. The van der Waals surface area contributed by atoms with Crippen LogP contribution in [0, 0.1) is 10.8 Å². The molecule has 1 heterocycles. The summed E-state index contributed by atoms with van der Waals surface area (Å²) < 4.78 is 0. The van der Waals surface area contributed by atoms with Crippen LogP contribution in [0.3, 0.4) is 0 Å². The summed E-state index contributed by atoms with van der Waals surface area (Å²) in [5.41, 5.74) is 2.05. The highest BCUT2D eigenvalue weighted by atomic mass is 15.2. The lowest BCUT2D eigenvalue weighted by Crippen LogP contribution is -2.46. The fourth-order valence-corrected chi connectivity index (χ4v) is 2.92. The molecule has 0 N–H and O–H groups in total. The Balaban J connectivity index is 2.75. The molecule has 0 saturated carbocycles. The zero-order valence-corrected chi connectivity index (χ0v) is 12.8. The van der Waals surface area contributed by atoms with Gasteiger partial charge in [-0.2, -0.15) is 0 Å². The van der Waals surface area contributed by atoms with Crippen LogP contribution in [-0.4, -0.2) is 17.5 Å². The SMILES string of the molecule is C=C(CC(C)(C)C)N1CCCCC1C(C)(C)C. The van der Waals surface area contributed by atoms with Crippen molar-refractivity contribution in [2.75, 3.05) is 6.54 Å². The molecule has 1 nitrogen and oxygen atoms in total. The van der Waals surface area contributed by atoms with E-state index >= 15 is 0 Å². The van der Waals surface area contributed by atoms with Crippen LogP contribution in [0.15, 0.2) is 12.3 Å². The van der Waals surface area contributed by atoms with Crippen molar-refractivity contribution in [3.05, 3.63) is 12.3 Å². The third-order valence-electron chi connectivity index (χ3n) is 3.64. The fourth-order valence-electron chi connectivity index (χ4n) is 2.92. The van der Waals surface area contributed by atoms with Crippen molar-refractivity contribution in [3.8, 4) is 0 Å². The number of nitrogens with zero attached hydrogens (tertiary/aromatic N) is 1. The molecule has 17 heavy (non-hydrogen) atoms. The number of likely N-dealkylation sites (tertiary alicyclic amines) is 1. The van der Waals surface area contributed by atoms with Gasteiger partial charge in [-0.3, -0.25) is 0 Å². The predicted octanol–water partition coefficient (Wildman–Crippen LogP) is 4.84. The molecule has 1 heteroatoms. The molecule has 1 aliphatic heterocycles. The van der Waals surface area contributed by atoms with E-state index in [1.54, 1.807) is 0 Å². The Morgan fingerprint density at radius 1 is 1.12 bits per heavy atom. The minimum absolute atomic E-state index is 0.344. The van der Waals surface area contributed by atoms with E-state index in [1.807, 2.05) is 0 Å². The van der Waals surface area contributed by atoms with Crippen LogP contribution in [0.2, 0.25) is 0 Å². The van der Waals surface area contributed by atoms with E-state index < -0.39 is 0 Å². The number of allylic oxidation sites excluding steroid dienone is 1. The van der Waals surface area contributed by atoms with Gasteiger partial charge in [-0.15, -0.1) is 0 Å². The number of piperidine rings is 1. The van der Waals surface area contributed by atoms with Gasteiger partial charge >= 0.3 is 0 Å². The van der Waals surface area contributed by atoms with Gasteiger partial charge in [-0.05, 0) is 36.5 Å². The zero-order valence-electron chi connectivity index (χ0n) is 12.8. The Morgan fingerprint density at radius 2 is 1.71 bits per heavy atom. The largest absolute Gasteiger partial charge is 0.372 e. The average Bonchev–Trinajstić information content (AvgIpc) is 2.13. The molecule has 0 amide bonds. The van der Waals surface area contributed by atoms with E-state index in [0.29, 0.717) is 16.9 Å². The second-order valence-corrected chi connectivity index (χ2v) is 7.87. The first-order valence-electron chi connectivity index (χ1n) is 7.06. The summed E-state index contributed by atoms with van der Waals surface area (Å²) in [6, 6.07) is 0.672. The van der Waals surface area contributed by atoms with Gasteiger partial charge in [0.1, 0.15) is 0 Å². The standard InChI is InChI=1S/C16H31N/c1-13(12-15(2,3)4)17-11-9-8-10-14(17)16(5,6)7/h14H,1,8-12H2,2-7H3. The Hall–Kier alpha value is -0.460. The lowest BCUT2D eigenvalue weighted by molar-refractivity contribution is 0.0864. The van der Waals surface area contributed by atoms with Crippen LogP contribution in [0.4, 0.5) is 0 Å². The highest BCUT2D eigenvalue weighted by molar-refractivity contribution is 5.03. The first-order valence-corrected chi connectivity index (χ1v) is 7.06. The number of hydrogen-bond donors (Lipinski definition) is 0. The van der Waals surface area contributed by atoms with Gasteiger partial charge in [0.05, 0.1) is 0 Å². The second kappa shape index (κ2) is 5.04. The van der Waals surface area contributed by atoms with Crippen LogP contribution >= 0.6 is 0 Å². The van der Waals surface area contributed by atoms with E-state index in [9.17, 15) is 0 Å². The van der Waals surface area contributed by atoms with E-state index in [1.165, 1.54) is 31.5 Å². The Bertz CT molecular complexity index is 264. The molecule has 0 radical (unpaired) electrons. The van der Waals surface area contributed by atoms with Gasteiger partial charge in [0.2, 0.25) is 0 Å². The lowest BCUT2D eigenvalue weighted by atomic mass is 9.79. The topological polar surface area (TPSA) is 3.24 Å². The average molecular weight is 237 g/mol. The van der Waals surface area contributed by atoms with Crippen molar-refractivity contribution in [1.29, 1.82) is 0 Å². The molecule has 0 aromatic carbocycles. The van der Waals surface area contributed by atoms with Gasteiger partial charge < -0.3 is 4.90 Å². The minimum atomic E-state index is 0.344. The molecule has 0 bridgehead atoms. The monoisotopic (exact) mass is 237 g/mol. The first-order chi connectivity index (χ1) is 7.61. The lowest BCUT2D eigenvalue weighted by Gasteiger charge is -2.46. The van der Waals surface area contributed by atoms with Gasteiger partial charge in [-0.1, -0.05) is 48.1 Å². The number of rotatable bonds is 2. The van der Waals surface area contributed by atoms with E-state index in [2.05, 4.69) is 53.0 Å². The maximum Gasteiger partial charge on any atom is 0.0335 e. The molecule has 1 atom stereocenters. The summed E-state index contributed by atoms with van der Waals surface area (Å²) in [7, 11) is 0. The summed E-state index contributed by atoms with van der Waals surface area (Å²) in [5, 5.41) is 0. The summed E-state index contributed by atoms with van der Waals surface area (Å²) >= 11 is 0. The molecular weight excluding hydrogens is 206 g/mol. The predicted molar refractivity (Wildman–Crippen MR) is 77.0 cm³/mol. The smallest absolute Gasteiger partial charge is 0.0335 e. The zero-order chi connectivity index (χ0) is 13.3. The van der Waals surface area contributed by atoms with Gasteiger partial charge in [-0.25, -0.2) is 0 Å². The van der Waals surface area contributed by atoms with Gasteiger partial charge in [0, 0.05) is 18.3 Å². The normalized spacial score (nSPS) is 22.7. The first kappa shape index (κ1) is 14.6. The van der Waals surface area contributed by atoms with Crippen LogP contribution < -0.4 is 0 Å². The van der Waals surface area contributed by atoms with Gasteiger partial charge in [0.25, 0.3) is 0 Å². The molecule has 0 aromatic heterocycles. The third-order valence-corrected chi connectivity index (χ3v) is 3.64. The Labute approximate surface area is 108 Å². The van der Waals surface area contributed by atoms with Crippen LogP contribution in [0.1, 0.15) is 67.2 Å². The maximum atomic E-state index is 4.35. The molecule has 0 aliphatic carbocycles. The molecule has 100 valence electrons. The molecule has 1 unspecified atom stereocenters. The fraction of sp³-hybridized carbons (Fsp3) is 0.875. The van der Waals surface area contributed by atoms with E-state index in [-0.39, 0.29) is 0 Å². The van der Waals surface area contributed by atoms with Crippen molar-refractivity contribution in [2.45, 2.75) is 73.3 Å². The minimum Gasteiger partial charge on any atom is -0.372 e. The Morgan fingerprint density at radius 3 is 2.18 bits per heavy atom. The molecule has 1 aliphatic rings. The quantitative estimate of drug-likeness (QED) is 0.664. The molecule has 0 spiro atoms. The van der Waals surface area contributed by atoms with Crippen molar-refractivity contribution in [2.24, 2.45) is 10.8 Å². The summed E-state index contributed by atoms with van der Waals surface area (Å²) in [6.45, 7) is 19.5. The molecular formula is C16H31N. The highest BCUT2D eigenvalue weighted by Gasteiger charge is 2.33. The molecule has 1 rings (SSSR count). The molecule has 1 saturated heterocycles. The molecule has 1 fully saturated rings. The van der Waals surface area contributed by atoms with Crippen molar-refractivity contribution >= 4 is 0 Å². The summed E-state index contributed by atoms with van der Waals surface area (Å²) in [4.78, 5) is 2.59. The maximum absolute atomic E-state index is 4.35. The second-order valence-electron chi connectivity index (χ2n) is 7.87.